The van der Waals surface area contributed by atoms with E-state index in [0.29, 0.717) is 11.7 Å². The molecule has 0 bridgehead atoms. The van der Waals surface area contributed by atoms with Crippen molar-refractivity contribution in [2.45, 2.75) is 116 Å². The van der Waals surface area contributed by atoms with Gasteiger partial charge in [-0.05, 0) is 117 Å². The summed E-state index contributed by atoms with van der Waals surface area (Å²) in [6, 6.07) is 0. The van der Waals surface area contributed by atoms with Crippen molar-refractivity contribution in [3.05, 3.63) is 0 Å². The van der Waals surface area contributed by atoms with Crippen LogP contribution in [0.3, 0.4) is 0 Å². The summed E-state index contributed by atoms with van der Waals surface area (Å²) >= 11 is 0. The molecule has 0 aromatic rings. The van der Waals surface area contributed by atoms with Gasteiger partial charge in [0, 0.05) is 12.8 Å². The van der Waals surface area contributed by atoms with Crippen molar-refractivity contribution >= 4 is 5.78 Å². The van der Waals surface area contributed by atoms with Crippen molar-refractivity contribution in [2.75, 3.05) is 6.67 Å². The summed E-state index contributed by atoms with van der Waals surface area (Å²) in [5.74, 6) is 5.08. The Hall–Kier alpha value is -0.510. The maximum absolute atomic E-state index is 12.5. The molecule has 0 radical (unpaired) electrons. The molecule has 0 aromatic carbocycles. The smallest absolute Gasteiger partial charge is 0.132 e. The van der Waals surface area contributed by atoms with Crippen LogP contribution in [0.2, 0.25) is 0 Å². The summed E-state index contributed by atoms with van der Waals surface area (Å²) in [5.41, 5.74) is 0. The van der Waals surface area contributed by atoms with Gasteiger partial charge < -0.3 is 0 Å². The average molecular weight is 427 g/mol. The molecule has 4 heteroatoms. The second-order valence-electron chi connectivity index (χ2n) is 11.0. The third kappa shape index (κ3) is 7.28. The van der Waals surface area contributed by atoms with E-state index in [1.807, 2.05) is 0 Å². The molecule has 4 rings (SSSR count). The maximum atomic E-state index is 12.5. The van der Waals surface area contributed by atoms with Gasteiger partial charge in [-0.25, -0.2) is 0 Å². The molecule has 0 aromatic heterocycles. The first-order valence-corrected chi connectivity index (χ1v) is 12.9. The van der Waals surface area contributed by atoms with Crippen LogP contribution in [-0.4, -0.2) is 18.6 Å². The summed E-state index contributed by atoms with van der Waals surface area (Å²) in [5, 5.41) is 0. The van der Waals surface area contributed by atoms with Gasteiger partial charge in [0.25, 0.3) is 0 Å². The molecule has 0 amide bonds. The molecule has 0 unspecified atom stereocenters. The van der Waals surface area contributed by atoms with Crippen LogP contribution >= 0.6 is 0 Å². The molecule has 174 valence electrons. The van der Waals surface area contributed by atoms with E-state index in [9.17, 15) is 13.7 Å². The molecule has 0 N–H and O–H groups in total. The molecule has 4 fully saturated rings. The Morgan fingerprint density at radius 3 is 1.60 bits per heavy atom. The third-order valence-corrected chi connectivity index (χ3v) is 8.94. The lowest BCUT2D eigenvalue weighted by atomic mass is 9.71. The minimum Gasteiger partial charge on any atom is -0.300 e. The monoisotopic (exact) mass is 426 g/mol. The first-order chi connectivity index (χ1) is 14.6. The van der Waals surface area contributed by atoms with Gasteiger partial charge in [0.2, 0.25) is 0 Å². The number of carbonyl (C=O) groups is 1. The van der Waals surface area contributed by atoms with Crippen molar-refractivity contribution in [1.82, 2.24) is 0 Å². The van der Waals surface area contributed by atoms with Crippen LogP contribution in [0, 0.1) is 35.5 Å². The zero-order chi connectivity index (χ0) is 21.3. The van der Waals surface area contributed by atoms with Crippen LogP contribution in [0.5, 0.6) is 0 Å². The SMILES string of the molecule is CC1CCC(C2CCC(OF)CC2)CC1.O=C1CCC(C2CCC(CF)CC2)CC1. The largest absolute Gasteiger partial charge is 0.300 e. The van der Waals surface area contributed by atoms with Gasteiger partial charge in [0.15, 0.2) is 0 Å². The summed E-state index contributed by atoms with van der Waals surface area (Å²) in [6.07, 6.45) is 18.1. The van der Waals surface area contributed by atoms with Crippen molar-refractivity contribution in [1.29, 1.82) is 0 Å². The van der Waals surface area contributed by atoms with E-state index in [4.69, 9.17) is 0 Å². The first-order valence-electron chi connectivity index (χ1n) is 12.9. The predicted octanol–water partition coefficient (Wildman–Crippen LogP) is 7.79. The number of halogens is 2. The van der Waals surface area contributed by atoms with E-state index in [1.165, 1.54) is 51.4 Å². The fourth-order valence-electron chi connectivity index (χ4n) is 6.65. The minimum atomic E-state index is -0.129. The number of rotatable bonds is 4. The predicted molar refractivity (Wildman–Crippen MR) is 117 cm³/mol. The molecule has 4 aliphatic rings. The van der Waals surface area contributed by atoms with E-state index < -0.39 is 0 Å². The molecule has 0 atom stereocenters. The lowest BCUT2D eigenvalue weighted by molar-refractivity contribution is -0.191. The number of Topliss-reactive ketones (excluding diaryl/α,β-unsaturated/α-hetero) is 1. The highest BCUT2D eigenvalue weighted by atomic mass is 19.3. The number of hydrogen-bond acceptors (Lipinski definition) is 2. The maximum Gasteiger partial charge on any atom is 0.132 e. The molecular weight excluding hydrogens is 382 g/mol. The van der Waals surface area contributed by atoms with Crippen molar-refractivity contribution in [2.24, 2.45) is 35.5 Å². The van der Waals surface area contributed by atoms with E-state index in [1.54, 1.807) is 0 Å². The second kappa shape index (κ2) is 12.5. The van der Waals surface area contributed by atoms with Crippen LogP contribution < -0.4 is 0 Å². The van der Waals surface area contributed by atoms with Crippen molar-refractivity contribution < 1.29 is 18.7 Å². The van der Waals surface area contributed by atoms with E-state index in [-0.39, 0.29) is 12.8 Å². The summed E-state index contributed by atoms with van der Waals surface area (Å²) in [7, 11) is 0. The Morgan fingerprint density at radius 1 is 0.700 bits per heavy atom. The van der Waals surface area contributed by atoms with Gasteiger partial charge in [-0.1, -0.05) is 19.8 Å². The van der Waals surface area contributed by atoms with Crippen molar-refractivity contribution in [3.63, 3.8) is 0 Å². The Kier molecular flexibility index (Phi) is 10.1. The lowest BCUT2D eigenvalue weighted by Crippen LogP contribution is -2.27. The van der Waals surface area contributed by atoms with Crippen LogP contribution in [0.15, 0.2) is 0 Å². The standard InChI is InChI=1S/C13H23FO.C13H21FO/c1-10-2-4-11(5-3-10)12-6-8-13(15-14)9-7-12;14-9-10-1-3-11(4-2-10)12-5-7-13(15)8-6-12/h10-13H,2-9H2,1H3;10-12H,1-9H2. The Balaban J connectivity index is 0.000000171. The van der Waals surface area contributed by atoms with Gasteiger partial charge in [-0.3, -0.25) is 9.18 Å². The van der Waals surface area contributed by atoms with Gasteiger partial charge in [-0.2, -0.15) is 4.94 Å². The molecule has 0 spiro atoms. The third-order valence-electron chi connectivity index (χ3n) is 8.94. The molecule has 0 aliphatic heterocycles. The Morgan fingerprint density at radius 2 is 1.13 bits per heavy atom. The molecule has 4 aliphatic carbocycles. The summed E-state index contributed by atoms with van der Waals surface area (Å²) in [4.78, 5) is 15.1. The van der Waals surface area contributed by atoms with Crippen LogP contribution in [0.25, 0.3) is 0 Å². The second-order valence-corrected chi connectivity index (χ2v) is 11.0. The van der Waals surface area contributed by atoms with Gasteiger partial charge in [0.05, 0.1) is 12.8 Å². The van der Waals surface area contributed by atoms with E-state index in [2.05, 4.69) is 11.9 Å². The number of alkyl halides is 1. The zero-order valence-electron chi connectivity index (χ0n) is 19.1. The highest BCUT2D eigenvalue weighted by Crippen LogP contribution is 2.41. The molecule has 4 saturated carbocycles. The fraction of sp³-hybridized carbons (Fsp3) is 0.962. The fourth-order valence-corrected chi connectivity index (χ4v) is 6.65. The van der Waals surface area contributed by atoms with E-state index >= 15 is 0 Å². The first kappa shape index (κ1) is 24.1. The molecule has 30 heavy (non-hydrogen) atoms. The van der Waals surface area contributed by atoms with E-state index in [0.717, 1.165) is 81.0 Å². The highest BCUT2D eigenvalue weighted by Gasteiger charge is 2.31. The quantitative estimate of drug-likeness (QED) is 0.458. The Labute approximate surface area is 182 Å². The number of carbonyl (C=O) groups excluding carboxylic acids is 1. The zero-order valence-corrected chi connectivity index (χ0v) is 19.1. The topological polar surface area (TPSA) is 26.3 Å². The lowest BCUT2D eigenvalue weighted by Gasteiger charge is -2.36. The summed E-state index contributed by atoms with van der Waals surface area (Å²) < 4.78 is 24.5. The average Bonchev–Trinajstić information content (AvgIpc) is 2.81. The molecule has 0 saturated heterocycles. The normalized spacial score (nSPS) is 38.6. The number of ketones is 1. The van der Waals surface area contributed by atoms with Crippen molar-refractivity contribution in [3.8, 4) is 0 Å². The minimum absolute atomic E-state index is 0.0937. The van der Waals surface area contributed by atoms with Crippen LogP contribution in [0.1, 0.15) is 110 Å². The Bertz CT molecular complexity index is 477. The molecular formula is C26H44F2O2. The summed E-state index contributed by atoms with van der Waals surface area (Å²) in [6.45, 7) is 2.24. The van der Waals surface area contributed by atoms with Gasteiger partial charge in [-0.15, -0.1) is 0 Å². The number of hydrogen-bond donors (Lipinski definition) is 0. The molecule has 2 nitrogen and oxygen atoms in total. The molecule has 0 heterocycles. The van der Waals surface area contributed by atoms with Gasteiger partial charge >= 0.3 is 0 Å². The van der Waals surface area contributed by atoms with Gasteiger partial charge in [0.1, 0.15) is 5.78 Å². The van der Waals surface area contributed by atoms with Crippen LogP contribution in [-0.2, 0) is 9.74 Å². The van der Waals surface area contributed by atoms with Crippen LogP contribution in [0.4, 0.5) is 8.92 Å². The highest BCUT2D eigenvalue weighted by molar-refractivity contribution is 5.79.